The lowest BCUT2D eigenvalue weighted by atomic mass is 9.96. The lowest BCUT2D eigenvalue weighted by Gasteiger charge is -2.44. The minimum absolute atomic E-state index is 0.0525. The Balaban J connectivity index is 2.38. The molecule has 0 aliphatic carbocycles. The third kappa shape index (κ3) is 2.24. The molecule has 0 radical (unpaired) electrons. The van der Waals surface area contributed by atoms with Gasteiger partial charge in [0.05, 0.1) is 5.56 Å². The van der Waals surface area contributed by atoms with E-state index in [0.717, 1.165) is 5.56 Å². The van der Waals surface area contributed by atoms with Crippen molar-refractivity contribution in [3.63, 3.8) is 0 Å². The van der Waals surface area contributed by atoms with Crippen molar-refractivity contribution >= 4 is 17.5 Å². The Labute approximate surface area is 119 Å². The van der Waals surface area contributed by atoms with Gasteiger partial charge in [-0.1, -0.05) is 11.6 Å². The molecule has 108 valence electrons. The Bertz CT molecular complexity index is 566. The average Bonchev–Trinajstić information content (AvgIpc) is 2.38. The molecule has 1 heterocycles. The van der Waals surface area contributed by atoms with Crippen LogP contribution in [0.4, 0.5) is 5.69 Å². The quantitative estimate of drug-likeness (QED) is 0.785. The number of amides is 2. The molecule has 0 aromatic heterocycles. The third-order valence-corrected chi connectivity index (χ3v) is 3.89. The molecule has 0 unspecified atom stereocenters. The summed E-state index contributed by atoms with van der Waals surface area (Å²) in [5.41, 5.74) is 6.95. The molecule has 20 heavy (non-hydrogen) atoms. The summed E-state index contributed by atoms with van der Waals surface area (Å²) in [4.78, 5) is 28.2. The molecule has 1 aromatic rings. The number of hydrogen-bond donors (Lipinski definition) is 1. The summed E-state index contributed by atoms with van der Waals surface area (Å²) >= 11 is 0. The molecule has 2 rings (SSSR count). The maximum absolute atomic E-state index is 12.7. The minimum Gasteiger partial charge on any atom is -0.398 e. The Hall–Kier alpha value is -2.04. The van der Waals surface area contributed by atoms with Gasteiger partial charge in [-0.05, 0) is 32.9 Å². The van der Waals surface area contributed by atoms with Crippen molar-refractivity contribution in [3.05, 3.63) is 29.3 Å². The summed E-state index contributed by atoms with van der Waals surface area (Å²) in [6.07, 6.45) is 0. The number of carbonyl (C=O) groups is 2. The molecule has 1 fully saturated rings. The van der Waals surface area contributed by atoms with Crippen LogP contribution in [0.1, 0.15) is 29.8 Å². The molecule has 0 saturated carbocycles. The number of nitrogen functional groups attached to an aromatic ring is 1. The molecule has 5 nitrogen and oxygen atoms in total. The number of rotatable bonds is 1. The monoisotopic (exact) mass is 275 g/mol. The van der Waals surface area contributed by atoms with Crippen LogP contribution in [-0.4, -0.2) is 47.3 Å². The summed E-state index contributed by atoms with van der Waals surface area (Å²) in [5.74, 6) is -0.235. The van der Waals surface area contributed by atoms with E-state index >= 15 is 0 Å². The smallest absolute Gasteiger partial charge is 0.256 e. The highest BCUT2D eigenvalue weighted by Crippen LogP contribution is 2.26. The van der Waals surface area contributed by atoms with Gasteiger partial charge in [0, 0.05) is 25.8 Å². The molecule has 2 amide bonds. The number of benzene rings is 1. The van der Waals surface area contributed by atoms with E-state index in [2.05, 4.69) is 0 Å². The molecule has 0 atom stereocenters. The normalized spacial score (nSPS) is 18.3. The van der Waals surface area contributed by atoms with Crippen LogP contribution in [-0.2, 0) is 4.79 Å². The van der Waals surface area contributed by atoms with Gasteiger partial charge in [-0.3, -0.25) is 9.59 Å². The van der Waals surface area contributed by atoms with Crippen molar-refractivity contribution in [3.8, 4) is 0 Å². The molecule has 2 N–H and O–H groups in total. The molecule has 0 spiro atoms. The van der Waals surface area contributed by atoms with Gasteiger partial charge in [0.2, 0.25) is 5.91 Å². The summed E-state index contributed by atoms with van der Waals surface area (Å²) in [6, 6.07) is 5.37. The second-order valence-corrected chi connectivity index (χ2v) is 5.83. The van der Waals surface area contributed by atoms with Crippen molar-refractivity contribution in [1.29, 1.82) is 0 Å². The zero-order chi connectivity index (χ0) is 15.1. The Morgan fingerprint density at radius 3 is 2.60 bits per heavy atom. The second kappa shape index (κ2) is 4.81. The van der Waals surface area contributed by atoms with E-state index in [-0.39, 0.29) is 11.8 Å². The van der Waals surface area contributed by atoms with Crippen LogP contribution in [0.3, 0.4) is 0 Å². The van der Waals surface area contributed by atoms with Crippen LogP contribution in [0, 0.1) is 6.92 Å². The second-order valence-electron chi connectivity index (χ2n) is 5.83. The van der Waals surface area contributed by atoms with Crippen molar-refractivity contribution in [1.82, 2.24) is 9.80 Å². The van der Waals surface area contributed by atoms with Gasteiger partial charge in [0.15, 0.2) is 0 Å². The maximum Gasteiger partial charge on any atom is 0.256 e. The first-order valence-electron chi connectivity index (χ1n) is 6.69. The first kappa shape index (κ1) is 14.4. The highest BCUT2D eigenvalue weighted by atomic mass is 16.2. The van der Waals surface area contributed by atoms with E-state index in [1.807, 2.05) is 13.0 Å². The molecule has 1 aliphatic rings. The fourth-order valence-corrected chi connectivity index (χ4v) is 2.57. The van der Waals surface area contributed by atoms with E-state index in [4.69, 9.17) is 5.73 Å². The largest absolute Gasteiger partial charge is 0.398 e. The zero-order valence-corrected chi connectivity index (χ0v) is 12.4. The Kier molecular flexibility index (Phi) is 3.46. The Morgan fingerprint density at radius 2 is 1.95 bits per heavy atom. The highest BCUT2D eigenvalue weighted by molar-refractivity contribution is 6.03. The van der Waals surface area contributed by atoms with Gasteiger partial charge in [0.1, 0.15) is 5.54 Å². The van der Waals surface area contributed by atoms with Crippen molar-refractivity contribution in [2.24, 2.45) is 0 Å². The van der Waals surface area contributed by atoms with Gasteiger partial charge in [-0.25, -0.2) is 0 Å². The van der Waals surface area contributed by atoms with E-state index in [1.54, 1.807) is 42.8 Å². The summed E-state index contributed by atoms with van der Waals surface area (Å²) in [5, 5.41) is 0. The van der Waals surface area contributed by atoms with Crippen LogP contribution in [0.25, 0.3) is 0 Å². The molecular weight excluding hydrogens is 254 g/mol. The number of carbonyl (C=O) groups excluding carboxylic acids is 2. The van der Waals surface area contributed by atoms with Crippen molar-refractivity contribution in [2.75, 3.05) is 25.9 Å². The standard InChI is InChI=1S/C15H21N3O2/c1-10-5-6-12(16)11(9-10)13(19)18-8-7-17(4)14(20)15(18,2)3/h5-6,9H,7-8,16H2,1-4H3. The number of likely N-dealkylation sites (N-methyl/N-ethyl adjacent to an activating group) is 1. The zero-order valence-electron chi connectivity index (χ0n) is 12.4. The van der Waals surface area contributed by atoms with Gasteiger partial charge in [-0.2, -0.15) is 0 Å². The number of hydrogen-bond acceptors (Lipinski definition) is 3. The van der Waals surface area contributed by atoms with E-state index in [1.165, 1.54) is 0 Å². The number of anilines is 1. The van der Waals surface area contributed by atoms with Gasteiger partial charge >= 0.3 is 0 Å². The predicted octanol–water partition coefficient (Wildman–Crippen LogP) is 1.27. The molecular formula is C15H21N3O2. The molecule has 5 heteroatoms. The molecule has 1 aliphatic heterocycles. The average molecular weight is 275 g/mol. The fraction of sp³-hybridized carbons (Fsp3) is 0.467. The van der Waals surface area contributed by atoms with E-state index < -0.39 is 5.54 Å². The van der Waals surface area contributed by atoms with Crippen LogP contribution in [0.2, 0.25) is 0 Å². The number of nitrogens with two attached hydrogens (primary N) is 1. The Morgan fingerprint density at radius 1 is 1.30 bits per heavy atom. The molecule has 1 saturated heterocycles. The van der Waals surface area contributed by atoms with Crippen LogP contribution in [0.15, 0.2) is 18.2 Å². The summed E-state index contributed by atoms with van der Waals surface area (Å²) in [7, 11) is 1.76. The van der Waals surface area contributed by atoms with Gasteiger partial charge < -0.3 is 15.5 Å². The summed E-state index contributed by atoms with van der Waals surface area (Å²) in [6.45, 7) is 6.52. The van der Waals surface area contributed by atoms with Crippen LogP contribution < -0.4 is 5.73 Å². The molecule has 1 aromatic carbocycles. The van der Waals surface area contributed by atoms with E-state index in [0.29, 0.717) is 24.3 Å². The third-order valence-electron chi connectivity index (χ3n) is 3.89. The number of nitrogens with zero attached hydrogens (tertiary/aromatic N) is 2. The topological polar surface area (TPSA) is 66.6 Å². The van der Waals surface area contributed by atoms with Crippen LogP contribution in [0.5, 0.6) is 0 Å². The highest BCUT2D eigenvalue weighted by Gasteiger charge is 2.43. The van der Waals surface area contributed by atoms with Crippen molar-refractivity contribution in [2.45, 2.75) is 26.3 Å². The van der Waals surface area contributed by atoms with Crippen molar-refractivity contribution < 1.29 is 9.59 Å². The lowest BCUT2D eigenvalue weighted by molar-refractivity contribution is -0.144. The fourth-order valence-electron chi connectivity index (χ4n) is 2.57. The van der Waals surface area contributed by atoms with Crippen LogP contribution >= 0.6 is 0 Å². The first-order valence-corrected chi connectivity index (χ1v) is 6.69. The first-order chi connectivity index (χ1) is 9.25. The number of piperazine rings is 1. The predicted molar refractivity (Wildman–Crippen MR) is 78.3 cm³/mol. The minimum atomic E-state index is -0.847. The van der Waals surface area contributed by atoms with Gasteiger partial charge in [0.25, 0.3) is 5.91 Å². The molecule has 0 bridgehead atoms. The number of aryl methyl sites for hydroxylation is 1. The summed E-state index contributed by atoms with van der Waals surface area (Å²) < 4.78 is 0. The SMILES string of the molecule is Cc1ccc(N)c(C(=O)N2CCN(C)C(=O)C2(C)C)c1. The van der Waals surface area contributed by atoms with E-state index in [9.17, 15) is 9.59 Å². The maximum atomic E-state index is 12.7. The lowest BCUT2D eigenvalue weighted by Crippen LogP contribution is -2.63. The van der Waals surface area contributed by atoms with Gasteiger partial charge in [-0.15, -0.1) is 0 Å².